The van der Waals surface area contributed by atoms with Crippen LogP contribution in [0.1, 0.15) is 123 Å². The van der Waals surface area contributed by atoms with Gasteiger partial charge in [0.05, 0.1) is 0 Å². The number of ketones is 2. The summed E-state index contributed by atoms with van der Waals surface area (Å²) < 4.78 is 0. The largest absolute Gasteiger partial charge is 0.300 e. The molecule has 0 aliphatic carbocycles. The number of unbranched alkanes of at least 4 members (excludes halogenated alkanes) is 10. The molecule has 0 saturated carbocycles. The summed E-state index contributed by atoms with van der Waals surface area (Å²) in [7, 11) is 0. The van der Waals surface area contributed by atoms with E-state index in [0.717, 1.165) is 38.5 Å². The summed E-state index contributed by atoms with van der Waals surface area (Å²) in [6.45, 7) is 4.42. The molecule has 0 rings (SSSR count). The first-order valence-corrected chi connectivity index (χ1v) is 10.2. The lowest BCUT2D eigenvalue weighted by Gasteiger charge is -2.03. The van der Waals surface area contributed by atoms with Crippen molar-refractivity contribution in [3.05, 3.63) is 0 Å². The van der Waals surface area contributed by atoms with Crippen molar-refractivity contribution in [1.29, 1.82) is 0 Å². The van der Waals surface area contributed by atoms with Crippen molar-refractivity contribution in [3.8, 4) is 0 Å². The van der Waals surface area contributed by atoms with E-state index in [1.807, 2.05) is 0 Å². The molecule has 0 atom stereocenters. The Morgan fingerprint density at radius 2 is 0.696 bits per heavy atom. The van der Waals surface area contributed by atoms with E-state index in [1.54, 1.807) is 0 Å². The van der Waals surface area contributed by atoms with E-state index in [4.69, 9.17) is 0 Å². The minimum atomic E-state index is 0.389. The molecule has 0 aromatic heterocycles. The molecule has 0 fully saturated rings. The van der Waals surface area contributed by atoms with Gasteiger partial charge >= 0.3 is 0 Å². The highest BCUT2D eigenvalue weighted by atomic mass is 16.1. The zero-order valence-corrected chi connectivity index (χ0v) is 15.8. The summed E-state index contributed by atoms with van der Waals surface area (Å²) in [4.78, 5) is 23.5. The Balaban J connectivity index is 3.31. The highest BCUT2D eigenvalue weighted by Gasteiger charge is 2.05. The number of Topliss-reactive ketones (excluding diaryl/α,β-unsaturated/α-hetero) is 2. The summed E-state index contributed by atoms with van der Waals surface area (Å²) in [6, 6.07) is 0. The molecule has 0 aliphatic rings. The SMILES string of the molecule is CCCCCCCCCC(=O)CCCCC(=O)CCCCCC. The van der Waals surface area contributed by atoms with Crippen molar-refractivity contribution in [1.82, 2.24) is 0 Å². The monoisotopic (exact) mass is 324 g/mol. The molecule has 0 bridgehead atoms. The maximum Gasteiger partial charge on any atom is 0.132 e. The Labute approximate surface area is 144 Å². The summed E-state index contributed by atoms with van der Waals surface area (Å²) in [5.74, 6) is 0.787. The van der Waals surface area contributed by atoms with Crippen LogP contribution in [0.2, 0.25) is 0 Å². The molecule has 136 valence electrons. The van der Waals surface area contributed by atoms with Crippen LogP contribution < -0.4 is 0 Å². The van der Waals surface area contributed by atoms with E-state index >= 15 is 0 Å². The lowest BCUT2D eigenvalue weighted by Crippen LogP contribution is -2.01. The van der Waals surface area contributed by atoms with Crippen molar-refractivity contribution >= 4 is 11.6 Å². The van der Waals surface area contributed by atoms with Gasteiger partial charge in [0.1, 0.15) is 11.6 Å². The average Bonchev–Trinajstić information content (AvgIpc) is 2.55. The molecule has 0 aromatic rings. The Hall–Kier alpha value is -0.660. The minimum Gasteiger partial charge on any atom is -0.300 e. The highest BCUT2D eigenvalue weighted by Crippen LogP contribution is 2.11. The normalized spacial score (nSPS) is 10.9. The topological polar surface area (TPSA) is 34.1 Å². The van der Waals surface area contributed by atoms with Crippen molar-refractivity contribution in [2.24, 2.45) is 0 Å². The van der Waals surface area contributed by atoms with Crippen LogP contribution >= 0.6 is 0 Å². The molecule has 0 spiro atoms. The van der Waals surface area contributed by atoms with Gasteiger partial charge in [-0.3, -0.25) is 9.59 Å². The summed E-state index contributed by atoms with van der Waals surface area (Å²) >= 11 is 0. The average molecular weight is 325 g/mol. The van der Waals surface area contributed by atoms with Gasteiger partial charge in [0.15, 0.2) is 0 Å². The first-order chi connectivity index (χ1) is 11.2. The molecule has 2 nitrogen and oxygen atoms in total. The molecular formula is C21H40O2. The summed E-state index contributed by atoms with van der Waals surface area (Å²) in [5, 5.41) is 0. The van der Waals surface area contributed by atoms with Gasteiger partial charge in [-0.2, -0.15) is 0 Å². The molecule has 0 heterocycles. The molecule has 0 aliphatic heterocycles. The van der Waals surface area contributed by atoms with Crippen LogP contribution in [0.25, 0.3) is 0 Å². The van der Waals surface area contributed by atoms with Crippen molar-refractivity contribution < 1.29 is 9.59 Å². The van der Waals surface area contributed by atoms with Gasteiger partial charge in [0.2, 0.25) is 0 Å². The van der Waals surface area contributed by atoms with E-state index in [1.165, 1.54) is 57.8 Å². The molecule has 0 radical (unpaired) electrons. The molecular weight excluding hydrogens is 284 g/mol. The number of carbonyl (C=O) groups is 2. The number of hydrogen-bond acceptors (Lipinski definition) is 2. The quantitative estimate of drug-likeness (QED) is 0.260. The lowest BCUT2D eigenvalue weighted by molar-refractivity contribution is -0.121. The van der Waals surface area contributed by atoms with Gasteiger partial charge < -0.3 is 0 Å². The first-order valence-electron chi connectivity index (χ1n) is 10.2. The van der Waals surface area contributed by atoms with Gasteiger partial charge in [0, 0.05) is 25.7 Å². The number of rotatable bonds is 18. The number of carbonyl (C=O) groups excluding carboxylic acids is 2. The van der Waals surface area contributed by atoms with Crippen molar-refractivity contribution in [3.63, 3.8) is 0 Å². The van der Waals surface area contributed by atoms with Crippen LogP contribution in [-0.2, 0) is 9.59 Å². The molecule has 0 N–H and O–H groups in total. The van der Waals surface area contributed by atoms with Gasteiger partial charge in [-0.15, -0.1) is 0 Å². The fourth-order valence-electron chi connectivity index (χ4n) is 2.92. The second-order valence-electron chi connectivity index (χ2n) is 6.97. The lowest BCUT2D eigenvalue weighted by atomic mass is 10.0. The first kappa shape index (κ1) is 22.3. The molecule has 0 aromatic carbocycles. The maximum absolute atomic E-state index is 11.8. The fraction of sp³-hybridized carbons (Fsp3) is 0.905. The second kappa shape index (κ2) is 17.7. The minimum absolute atomic E-state index is 0.389. The van der Waals surface area contributed by atoms with E-state index in [2.05, 4.69) is 13.8 Å². The van der Waals surface area contributed by atoms with E-state index in [9.17, 15) is 9.59 Å². The van der Waals surface area contributed by atoms with Crippen LogP contribution in [0.15, 0.2) is 0 Å². The fourth-order valence-corrected chi connectivity index (χ4v) is 2.92. The summed E-state index contributed by atoms with van der Waals surface area (Å²) in [6.07, 6.45) is 18.2. The summed E-state index contributed by atoms with van der Waals surface area (Å²) in [5.41, 5.74) is 0. The van der Waals surface area contributed by atoms with Crippen molar-refractivity contribution in [2.75, 3.05) is 0 Å². The van der Waals surface area contributed by atoms with E-state index in [-0.39, 0.29) is 0 Å². The van der Waals surface area contributed by atoms with Gasteiger partial charge in [-0.25, -0.2) is 0 Å². The molecule has 2 heteroatoms. The van der Waals surface area contributed by atoms with Gasteiger partial charge in [-0.1, -0.05) is 71.6 Å². The van der Waals surface area contributed by atoms with Crippen LogP contribution in [0.5, 0.6) is 0 Å². The molecule has 23 heavy (non-hydrogen) atoms. The maximum atomic E-state index is 11.8. The molecule has 0 saturated heterocycles. The van der Waals surface area contributed by atoms with Crippen LogP contribution in [0, 0.1) is 0 Å². The smallest absolute Gasteiger partial charge is 0.132 e. The highest BCUT2D eigenvalue weighted by molar-refractivity contribution is 5.79. The Bertz CT molecular complexity index is 284. The third-order valence-electron chi connectivity index (χ3n) is 4.53. The standard InChI is InChI=1S/C21H40O2/c1-3-5-7-9-10-11-13-17-21(23)19-15-14-18-20(22)16-12-8-6-4-2/h3-19H2,1-2H3. The molecule has 0 unspecified atom stereocenters. The Kier molecular flexibility index (Phi) is 17.2. The predicted octanol–water partition coefficient (Wildman–Crippen LogP) is 6.80. The van der Waals surface area contributed by atoms with Crippen LogP contribution in [0.3, 0.4) is 0 Å². The van der Waals surface area contributed by atoms with Gasteiger partial charge in [0.25, 0.3) is 0 Å². The van der Waals surface area contributed by atoms with Gasteiger partial charge in [-0.05, 0) is 25.7 Å². The van der Waals surface area contributed by atoms with E-state index < -0.39 is 0 Å². The van der Waals surface area contributed by atoms with Crippen molar-refractivity contribution in [2.45, 2.75) is 123 Å². The zero-order chi connectivity index (χ0) is 17.2. The van der Waals surface area contributed by atoms with Crippen LogP contribution in [-0.4, -0.2) is 11.6 Å². The Morgan fingerprint density at radius 3 is 1.09 bits per heavy atom. The predicted molar refractivity (Wildman–Crippen MR) is 99.9 cm³/mol. The second-order valence-corrected chi connectivity index (χ2v) is 6.97. The molecule has 0 amide bonds. The Morgan fingerprint density at radius 1 is 0.435 bits per heavy atom. The van der Waals surface area contributed by atoms with E-state index in [0.29, 0.717) is 24.4 Å². The third-order valence-corrected chi connectivity index (χ3v) is 4.53. The third kappa shape index (κ3) is 17.5. The van der Waals surface area contributed by atoms with Crippen LogP contribution in [0.4, 0.5) is 0 Å². The zero-order valence-electron chi connectivity index (χ0n) is 15.8. The number of hydrogen-bond donors (Lipinski definition) is 0.